The number of carboxylic acids is 1. The van der Waals surface area contributed by atoms with Crippen molar-refractivity contribution < 1.29 is 14.7 Å². The van der Waals surface area contributed by atoms with E-state index >= 15 is 0 Å². The molecule has 5 heteroatoms. The quantitative estimate of drug-likeness (QED) is 0.721. The summed E-state index contributed by atoms with van der Waals surface area (Å²) in [6.07, 6.45) is 4.78. The lowest BCUT2D eigenvalue weighted by Gasteiger charge is -2.32. The third-order valence-electron chi connectivity index (χ3n) is 4.91. The van der Waals surface area contributed by atoms with E-state index in [1.165, 1.54) is 19.3 Å². The number of hydrogen-bond acceptors (Lipinski definition) is 3. The molecule has 122 valence electrons. The van der Waals surface area contributed by atoms with E-state index in [2.05, 4.69) is 17.1 Å². The van der Waals surface area contributed by atoms with Crippen LogP contribution < -0.4 is 5.32 Å². The first-order valence-electron chi connectivity index (χ1n) is 8.19. The van der Waals surface area contributed by atoms with Crippen molar-refractivity contribution in [3.8, 4) is 0 Å². The largest absolute Gasteiger partial charge is 0.481 e. The molecule has 1 heterocycles. The van der Waals surface area contributed by atoms with Crippen molar-refractivity contribution in [3.63, 3.8) is 0 Å². The molecule has 0 aromatic rings. The number of carbonyl (C=O) groups excluding carboxylic acids is 1. The van der Waals surface area contributed by atoms with Crippen molar-refractivity contribution in [2.24, 2.45) is 5.41 Å². The molecule has 0 aromatic carbocycles. The number of nitrogens with one attached hydrogen (secondary N) is 1. The van der Waals surface area contributed by atoms with Gasteiger partial charge >= 0.3 is 5.97 Å². The minimum Gasteiger partial charge on any atom is -0.481 e. The van der Waals surface area contributed by atoms with E-state index < -0.39 is 11.4 Å². The summed E-state index contributed by atoms with van der Waals surface area (Å²) in [5.41, 5.74) is -0.918. The van der Waals surface area contributed by atoms with Crippen LogP contribution >= 0.6 is 0 Å². The van der Waals surface area contributed by atoms with Gasteiger partial charge in [-0.05, 0) is 45.7 Å². The van der Waals surface area contributed by atoms with E-state index in [0.717, 1.165) is 13.1 Å². The number of carbonyl (C=O) groups is 2. The van der Waals surface area contributed by atoms with Crippen molar-refractivity contribution in [1.82, 2.24) is 10.2 Å². The van der Waals surface area contributed by atoms with E-state index in [9.17, 15) is 14.7 Å². The van der Waals surface area contributed by atoms with Crippen LogP contribution in [0.5, 0.6) is 0 Å². The van der Waals surface area contributed by atoms with Gasteiger partial charge in [-0.1, -0.05) is 20.3 Å². The van der Waals surface area contributed by atoms with Gasteiger partial charge in [-0.25, -0.2) is 0 Å². The Morgan fingerprint density at radius 2 is 1.76 bits per heavy atom. The van der Waals surface area contributed by atoms with Crippen molar-refractivity contribution >= 4 is 11.9 Å². The Balaban J connectivity index is 2.43. The summed E-state index contributed by atoms with van der Waals surface area (Å²) in [4.78, 5) is 25.9. The highest BCUT2D eigenvalue weighted by atomic mass is 16.4. The van der Waals surface area contributed by atoms with Gasteiger partial charge in [0, 0.05) is 19.0 Å². The molecule has 1 aliphatic rings. The Hall–Kier alpha value is -1.10. The number of hydrogen-bond donors (Lipinski definition) is 2. The molecule has 0 aliphatic carbocycles. The third-order valence-corrected chi connectivity index (χ3v) is 4.91. The zero-order chi connectivity index (χ0) is 15.9. The average molecular weight is 298 g/mol. The minimum absolute atomic E-state index is 0.0715. The molecule has 5 nitrogen and oxygen atoms in total. The molecule has 2 N–H and O–H groups in total. The van der Waals surface area contributed by atoms with E-state index in [1.807, 2.05) is 13.8 Å². The van der Waals surface area contributed by atoms with Crippen LogP contribution in [0.25, 0.3) is 0 Å². The first kappa shape index (κ1) is 18.0. The lowest BCUT2D eigenvalue weighted by atomic mass is 9.79. The van der Waals surface area contributed by atoms with E-state index in [0.29, 0.717) is 25.4 Å². The fourth-order valence-electron chi connectivity index (χ4n) is 3.00. The highest BCUT2D eigenvalue weighted by molar-refractivity contribution is 5.84. The van der Waals surface area contributed by atoms with Crippen LogP contribution in [-0.4, -0.2) is 47.6 Å². The molecule has 0 bridgehead atoms. The SMILES string of the molecule is CCC(CC)(CC(=O)NCC(C)N1CCCCC1)C(=O)O. The number of likely N-dealkylation sites (tertiary alicyclic amines) is 1. The summed E-state index contributed by atoms with van der Waals surface area (Å²) >= 11 is 0. The van der Waals surface area contributed by atoms with Gasteiger partial charge in [-0.2, -0.15) is 0 Å². The Morgan fingerprint density at radius 3 is 2.24 bits per heavy atom. The van der Waals surface area contributed by atoms with Crippen LogP contribution in [0.2, 0.25) is 0 Å². The molecule has 1 amide bonds. The second-order valence-corrected chi connectivity index (χ2v) is 6.22. The summed E-state index contributed by atoms with van der Waals surface area (Å²) in [6, 6.07) is 0.316. The van der Waals surface area contributed by atoms with Crippen LogP contribution in [-0.2, 0) is 9.59 Å². The van der Waals surface area contributed by atoms with Crippen LogP contribution in [0, 0.1) is 5.41 Å². The van der Waals surface area contributed by atoms with Crippen molar-refractivity contribution in [2.45, 2.75) is 65.3 Å². The van der Waals surface area contributed by atoms with Crippen molar-refractivity contribution in [2.75, 3.05) is 19.6 Å². The van der Waals surface area contributed by atoms with Gasteiger partial charge in [0.25, 0.3) is 0 Å². The number of piperidine rings is 1. The lowest BCUT2D eigenvalue weighted by Crippen LogP contribution is -2.45. The molecule has 21 heavy (non-hydrogen) atoms. The maximum atomic E-state index is 12.1. The Bertz CT molecular complexity index is 347. The summed E-state index contributed by atoms with van der Waals surface area (Å²) < 4.78 is 0. The molecular formula is C16H30N2O3. The summed E-state index contributed by atoms with van der Waals surface area (Å²) in [5, 5.41) is 12.3. The molecule has 0 aromatic heterocycles. The number of aliphatic carboxylic acids is 1. The van der Waals surface area contributed by atoms with Gasteiger partial charge in [0.15, 0.2) is 0 Å². The van der Waals surface area contributed by atoms with Gasteiger partial charge in [0.1, 0.15) is 0 Å². The van der Waals surface area contributed by atoms with E-state index in [1.54, 1.807) is 0 Å². The molecule has 0 spiro atoms. The highest BCUT2D eigenvalue weighted by Gasteiger charge is 2.37. The van der Waals surface area contributed by atoms with Crippen LogP contribution in [0.4, 0.5) is 0 Å². The molecule has 0 saturated carbocycles. The molecule has 0 radical (unpaired) electrons. The number of nitrogens with zero attached hydrogens (tertiary/aromatic N) is 1. The minimum atomic E-state index is -0.918. The van der Waals surface area contributed by atoms with Gasteiger partial charge in [-0.15, -0.1) is 0 Å². The predicted octanol–water partition coefficient (Wildman–Crippen LogP) is 2.26. The number of amides is 1. The number of rotatable bonds is 8. The Kier molecular flexibility index (Phi) is 7.15. The summed E-state index contributed by atoms with van der Waals surface area (Å²) in [6.45, 7) is 8.58. The van der Waals surface area contributed by atoms with Gasteiger partial charge in [0.05, 0.1) is 5.41 Å². The molecule has 1 saturated heterocycles. The van der Waals surface area contributed by atoms with Gasteiger partial charge in [-0.3, -0.25) is 14.5 Å². The molecule has 1 atom stereocenters. The summed E-state index contributed by atoms with van der Waals surface area (Å²) in [5.74, 6) is -1.02. The molecule has 1 aliphatic heterocycles. The van der Waals surface area contributed by atoms with Crippen LogP contribution in [0.3, 0.4) is 0 Å². The highest BCUT2D eigenvalue weighted by Crippen LogP contribution is 2.30. The molecule has 1 rings (SSSR count). The summed E-state index contributed by atoms with van der Waals surface area (Å²) in [7, 11) is 0. The standard InChI is InChI=1S/C16H30N2O3/c1-4-16(5-2,15(20)21)11-14(19)17-12-13(3)18-9-7-6-8-10-18/h13H,4-12H2,1-3H3,(H,17,19)(H,20,21). The fraction of sp³-hybridized carbons (Fsp3) is 0.875. The zero-order valence-corrected chi connectivity index (χ0v) is 13.7. The maximum absolute atomic E-state index is 12.1. The topological polar surface area (TPSA) is 69.6 Å². The first-order chi connectivity index (χ1) is 9.95. The molecule has 1 fully saturated rings. The number of carboxylic acid groups (broad SMARTS) is 1. The first-order valence-corrected chi connectivity index (χ1v) is 8.19. The second-order valence-electron chi connectivity index (χ2n) is 6.22. The normalized spacial score (nSPS) is 18.2. The molecule has 1 unspecified atom stereocenters. The fourth-order valence-corrected chi connectivity index (χ4v) is 3.00. The Labute approximate surface area is 128 Å². The van der Waals surface area contributed by atoms with Gasteiger partial charge in [0.2, 0.25) is 5.91 Å². The smallest absolute Gasteiger partial charge is 0.310 e. The third kappa shape index (κ3) is 4.99. The van der Waals surface area contributed by atoms with Crippen molar-refractivity contribution in [3.05, 3.63) is 0 Å². The van der Waals surface area contributed by atoms with E-state index in [4.69, 9.17) is 0 Å². The van der Waals surface area contributed by atoms with Crippen LogP contribution in [0.15, 0.2) is 0 Å². The Morgan fingerprint density at radius 1 is 1.19 bits per heavy atom. The average Bonchev–Trinajstić information content (AvgIpc) is 2.50. The predicted molar refractivity (Wildman–Crippen MR) is 83.2 cm³/mol. The van der Waals surface area contributed by atoms with Crippen LogP contribution in [0.1, 0.15) is 59.3 Å². The molecular weight excluding hydrogens is 268 g/mol. The lowest BCUT2D eigenvalue weighted by molar-refractivity contribution is -0.152. The monoisotopic (exact) mass is 298 g/mol. The second kappa shape index (κ2) is 8.37. The van der Waals surface area contributed by atoms with E-state index in [-0.39, 0.29) is 12.3 Å². The van der Waals surface area contributed by atoms with Gasteiger partial charge < -0.3 is 10.4 Å². The zero-order valence-electron chi connectivity index (χ0n) is 13.7. The maximum Gasteiger partial charge on any atom is 0.310 e. The van der Waals surface area contributed by atoms with Crippen molar-refractivity contribution in [1.29, 1.82) is 0 Å².